The molecule has 10 rings (SSSR count). The third-order valence-corrected chi connectivity index (χ3v) is 15.3. The molecule has 0 aromatic heterocycles. The summed E-state index contributed by atoms with van der Waals surface area (Å²) in [6, 6.07) is 31.9. The van der Waals surface area contributed by atoms with Gasteiger partial charge in [-0.05, 0) is 103 Å². The molecule has 2 bridgehead atoms. The fourth-order valence-electron chi connectivity index (χ4n) is 12.4. The zero-order valence-electron chi connectivity index (χ0n) is 32.3. The first-order chi connectivity index (χ1) is 26.5. The average molecular weight is 736 g/mol. The van der Waals surface area contributed by atoms with Gasteiger partial charge >= 0.3 is 6.09 Å². The third kappa shape index (κ3) is 5.34. The molecule has 2 spiro atoms. The summed E-state index contributed by atoms with van der Waals surface area (Å²) >= 11 is 0. The summed E-state index contributed by atoms with van der Waals surface area (Å²) in [5.41, 5.74) is 0.826. The molecule has 284 valence electrons. The Balaban J connectivity index is 1.07. The Morgan fingerprint density at radius 2 is 1.45 bits per heavy atom. The Labute approximate surface area is 324 Å². The molecule has 6 aliphatic rings. The molecular weight excluding hydrogens is 683 g/mol. The standard InChI is InChI=1S/C49H53NO5/c1-4-28-50(44(53)55-39-19-18-34-12-8-9-13-37(34)29-39)32-48(54)25-22-42-46(48,3)24-21-41-45(2)23-20-38(51)30-47(45)26-27-49(41,42)40(31-47)43(52)36-16-14-35(15-17-36)33-10-6-5-7-11-33/h5-19,26-27,29,31,38,41-42,51,54H,4,20-25,28,30,32H2,1-3H3/t38?,41-,42-,45-,46+,47+,48-,49-/m1/s1. The monoisotopic (exact) mass is 735 g/mol. The molecule has 6 heteroatoms. The summed E-state index contributed by atoms with van der Waals surface area (Å²) in [5, 5.41) is 26.2. The SMILES string of the molecule is CCCN(C[C@]1(O)CC[C@H]2[C@]34C=C[C@@]5(C=C3C(=O)c3ccc(-c6ccccc6)cc3)CC(O)CC[C@]5(C)[C@H]4CC[C@@]21C)C(=O)Oc1ccc2ccccc2c1. The lowest BCUT2D eigenvalue weighted by molar-refractivity contribution is -0.175. The van der Waals surface area contributed by atoms with E-state index in [9.17, 15) is 15.0 Å². The largest absolute Gasteiger partial charge is 0.415 e. The maximum absolute atomic E-state index is 15.1. The van der Waals surface area contributed by atoms with Crippen molar-refractivity contribution < 1.29 is 24.5 Å². The molecule has 0 saturated heterocycles. The zero-order valence-corrected chi connectivity index (χ0v) is 32.3. The van der Waals surface area contributed by atoms with Crippen molar-refractivity contribution in [3.05, 3.63) is 126 Å². The minimum absolute atomic E-state index is 0.0132. The second-order valence-corrected chi connectivity index (χ2v) is 17.9. The van der Waals surface area contributed by atoms with Crippen LogP contribution in [0.1, 0.15) is 82.5 Å². The van der Waals surface area contributed by atoms with Crippen molar-refractivity contribution in [1.82, 2.24) is 4.90 Å². The molecule has 0 heterocycles. The van der Waals surface area contributed by atoms with Crippen LogP contribution in [0.25, 0.3) is 21.9 Å². The molecule has 3 saturated carbocycles. The first-order valence-electron chi connectivity index (χ1n) is 20.5. The number of fused-ring (bicyclic) bond motifs is 2. The smallest absolute Gasteiger partial charge is 0.410 e. The van der Waals surface area contributed by atoms with Crippen molar-refractivity contribution >= 4 is 22.6 Å². The number of ether oxygens (including phenoxy) is 1. The van der Waals surface area contributed by atoms with Crippen LogP contribution in [0.2, 0.25) is 0 Å². The number of benzene rings is 4. The van der Waals surface area contributed by atoms with Crippen molar-refractivity contribution in [2.24, 2.45) is 33.5 Å². The Bertz CT molecular complexity index is 2210. The number of ketones is 1. The molecule has 4 aromatic carbocycles. The first kappa shape index (κ1) is 36.1. The van der Waals surface area contributed by atoms with Crippen molar-refractivity contribution in [2.45, 2.75) is 83.8 Å². The molecule has 0 aliphatic heterocycles. The first-order valence-corrected chi connectivity index (χ1v) is 20.5. The predicted octanol–water partition coefficient (Wildman–Crippen LogP) is 10.2. The summed E-state index contributed by atoms with van der Waals surface area (Å²) in [4.78, 5) is 30.7. The number of hydrogen-bond acceptors (Lipinski definition) is 5. The van der Waals surface area contributed by atoms with Crippen LogP contribution in [-0.2, 0) is 0 Å². The topological polar surface area (TPSA) is 87.1 Å². The molecule has 3 fully saturated rings. The maximum Gasteiger partial charge on any atom is 0.415 e. The van der Waals surface area contributed by atoms with Gasteiger partial charge in [0, 0.05) is 33.9 Å². The normalized spacial score (nSPS) is 34.3. The van der Waals surface area contributed by atoms with Crippen molar-refractivity contribution in [3.63, 3.8) is 0 Å². The van der Waals surface area contributed by atoms with Gasteiger partial charge in [-0.15, -0.1) is 0 Å². The Hall–Kier alpha value is -4.52. The van der Waals surface area contributed by atoms with Gasteiger partial charge in [-0.1, -0.05) is 124 Å². The second-order valence-electron chi connectivity index (χ2n) is 17.9. The number of carbonyl (C=O) groups excluding carboxylic acids is 2. The van der Waals surface area contributed by atoms with E-state index in [4.69, 9.17) is 4.74 Å². The minimum atomic E-state index is -1.18. The van der Waals surface area contributed by atoms with Crippen molar-refractivity contribution in [2.75, 3.05) is 13.1 Å². The molecule has 6 aliphatic carbocycles. The Morgan fingerprint density at radius 1 is 0.782 bits per heavy atom. The van der Waals surface area contributed by atoms with E-state index in [0.29, 0.717) is 30.7 Å². The van der Waals surface area contributed by atoms with E-state index in [1.165, 1.54) is 0 Å². The summed E-state index contributed by atoms with van der Waals surface area (Å²) in [5.74, 6) is 0.707. The van der Waals surface area contributed by atoms with Crippen LogP contribution >= 0.6 is 0 Å². The number of nitrogens with zero attached hydrogens (tertiary/aromatic N) is 1. The van der Waals surface area contributed by atoms with Crippen LogP contribution in [0.15, 0.2) is 121 Å². The van der Waals surface area contributed by atoms with E-state index in [1.807, 2.05) is 91.9 Å². The molecule has 0 radical (unpaired) electrons. The molecule has 6 nitrogen and oxygen atoms in total. The number of rotatable bonds is 8. The van der Waals surface area contributed by atoms with Crippen LogP contribution in [0.4, 0.5) is 4.79 Å². The number of aliphatic hydroxyl groups is 2. The third-order valence-electron chi connectivity index (χ3n) is 15.3. The highest BCUT2D eigenvalue weighted by Gasteiger charge is 2.74. The van der Waals surface area contributed by atoms with E-state index in [-0.39, 0.29) is 29.6 Å². The molecule has 55 heavy (non-hydrogen) atoms. The lowest BCUT2D eigenvalue weighted by Gasteiger charge is -2.71. The molecular formula is C49H53NO5. The Morgan fingerprint density at radius 3 is 2.22 bits per heavy atom. The second kappa shape index (κ2) is 13.0. The van der Waals surface area contributed by atoms with Gasteiger partial charge in [0.25, 0.3) is 0 Å². The van der Waals surface area contributed by atoms with Crippen LogP contribution in [-0.4, -0.2) is 51.8 Å². The quantitative estimate of drug-likeness (QED) is 0.139. The number of carbonyl (C=O) groups is 2. The highest BCUT2D eigenvalue weighted by atomic mass is 16.6. The highest BCUT2D eigenvalue weighted by molar-refractivity contribution is 6.10. The lowest BCUT2D eigenvalue weighted by Crippen LogP contribution is -2.67. The van der Waals surface area contributed by atoms with Gasteiger partial charge in [-0.3, -0.25) is 4.79 Å². The number of Topliss-reactive ketones (excluding diaryl/α,β-unsaturated/α-hetero) is 1. The minimum Gasteiger partial charge on any atom is -0.410 e. The number of allylic oxidation sites excluding steroid dienone is 4. The lowest BCUT2D eigenvalue weighted by atomic mass is 9.32. The average Bonchev–Trinajstić information content (AvgIpc) is 3.47. The summed E-state index contributed by atoms with van der Waals surface area (Å²) in [6.45, 7) is 7.31. The number of aliphatic hydroxyl groups excluding tert-OH is 1. The number of amides is 1. The summed E-state index contributed by atoms with van der Waals surface area (Å²) in [7, 11) is 0. The Kier molecular flexibility index (Phi) is 8.56. The fraction of sp³-hybridized carbons (Fsp3) is 0.429. The van der Waals surface area contributed by atoms with Gasteiger partial charge in [0.1, 0.15) is 5.75 Å². The van der Waals surface area contributed by atoms with E-state index < -0.39 is 34.0 Å². The summed E-state index contributed by atoms with van der Waals surface area (Å²) < 4.78 is 6.00. The van der Waals surface area contributed by atoms with Gasteiger partial charge in [0.05, 0.1) is 18.2 Å². The molecule has 1 unspecified atom stereocenters. The highest BCUT2D eigenvalue weighted by Crippen LogP contribution is 2.78. The van der Waals surface area contributed by atoms with E-state index in [1.54, 1.807) is 4.90 Å². The van der Waals surface area contributed by atoms with E-state index in [2.05, 4.69) is 44.2 Å². The van der Waals surface area contributed by atoms with Gasteiger partial charge in [0.15, 0.2) is 5.78 Å². The van der Waals surface area contributed by atoms with E-state index >= 15 is 4.79 Å². The van der Waals surface area contributed by atoms with Crippen LogP contribution in [0.5, 0.6) is 5.75 Å². The predicted molar refractivity (Wildman–Crippen MR) is 217 cm³/mol. The molecule has 2 N–H and O–H groups in total. The number of hydrogen-bond donors (Lipinski definition) is 2. The van der Waals surface area contributed by atoms with Crippen LogP contribution < -0.4 is 4.74 Å². The maximum atomic E-state index is 15.1. The van der Waals surface area contributed by atoms with Gasteiger partial charge in [-0.2, -0.15) is 0 Å². The molecule has 8 atom stereocenters. The summed E-state index contributed by atoms with van der Waals surface area (Å²) in [6.07, 6.45) is 12.1. The van der Waals surface area contributed by atoms with Gasteiger partial charge < -0.3 is 19.8 Å². The van der Waals surface area contributed by atoms with Crippen molar-refractivity contribution in [3.8, 4) is 16.9 Å². The van der Waals surface area contributed by atoms with Gasteiger partial charge in [-0.25, -0.2) is 4.79 Å². The van der Waals surface area contributed by atoms with Gasteiger partial charge in [0.2, 0.25) is 0 Å². The fourth-order valence-corrected chi connectivity index (χ4v) is 12.4. The molecule has 4 aromatic rings. The zero-order chi connectivity index (χ0) is 38.2. The molecule has 1 amide bonds. The van der Waals surface area contributed by atoms with E-state index in [0.717, 1.165) is 66.0 Å². The van der Waals surface area contributed by atoms with Crippen molar-refractivity contribution in [1.29, 1.82) is 0 Å². The van der Waals surface area contributed by atoms with Crippen LogP contribution in [0.3, 0.4) is 0 Å². The van der Waals surface area contributed by atoms with Crippen LogP contribution in [0, 0.1) is 33.5 Å².